The highest BCUT2D eigenvalue weighted by Crippen LogP contribution is 2.38. The summed E-state index contributed by atoms with van der Waals surface area (Å²) in [6.45, 7) is 3.91. The molecule has 0 saturated carbocycles. The lowest BCUT2D eigenvalue weighted by Gasteiger charge is -2.18. The van der Waals surface area contributed by atoms with Crippen LogP contribution in [0, 0.1) is 5.82 Å². The molecule has 10 heteroatoms. The number of pyridine rings is 1. The van der Waals surface area contributed by atoms with Crippen LogP contribution in [-0.4, -0.2) is 46.5 Å². The average Bonchev–Trinajstić information content (AvgIpc) is 3.38. The van der Waals surface area contributed by atoms with Gasteiger partial charge in [0.05, 0.1) is 36.7 Å². The number of anilines is 2. The molecule has 0 aliphatic carbocycles. The third-order valence-corrected chi connectivity index (χ3v) is 6.52. The van der Waals surface area contributed by atoms with Gasteiger partial charge in [0.2, 0.25) is 0 Å². The van der Waals surface area contributed by atoms with Gasteiger partial charge in [0.1, 0.15) is 28.8 Å². The first-order valence-electron chi connectivity index (χ1n) is 10.7. The molecule has 0 unspecified atom stereocenters. The van der Waals surface area contributed by atoms with Gasteiger partial charge in [0.15, 0.2) is 0 Å². The molecule has 5 N–H and O–H groups in total. The molecule has 4 rings (SSSR count). The normalized spacial score (nSPS) is 18.3. The number of nitrogens with two attached hydrogens (primary N) is 1. The van der Waals surface area contributed by atoms with Crippen molar-refractivity contribution in [1.82, 2.24) is 4.98 Å². The van der Waals surface area contributed by atoms with Crippen LogP contribution in [0.5, 0.6) is 0 Å². The van der Waals surface area contributed by atoms with E-state index >= 15 is 0 Å². The first kappa shape index (κ1) is 24.2. The number of halogens is 1. The van der Waals surface area contributed by atoms with Crippen molar-refractivity contribution in [2.75, 3.05) is 18.5 Å². The minimum absolute atomic E-state index is 0.178. The Kier molecular flexibility index (Phi) is 6.96. The molecule has 0 spiro atoms. The Hall–Kier alpha value is -2.89. The lowest BCUT2D eigenvalue weighted by molar-refractivity contribution is -0.0199. The van der Waals surface area contributed by atoms with Gasteiger partial charge in [-0.15, -0.1) is 11.3 Å². The summed E-state index contributed by atoms with van der Waals surface area (Å²) < 4.78 is 25.7. The Balaban J connectivity index is 1.55. The largest absolute Gasteiger partial charge is 0.388 e. The number of benzene rings is 1. The van der Waals surface area contributed by atoms with Gasteiger partial charge < -0.3 is 30.7 Å². The van der Waals surface area contributed by atoms with Crippen LogP contribution in [0.4, 0.5) is 15.2 Å². The van der Waals surface area contributed by atoms with Crippen LogP contribution in [-0.2, 0) is 21.7 Å². The zero-order valence-corrected chi connectivity index (χ0v) is 19.6. The van der Waals surface area contributed by atoms with Crippen LogP contribution in [0.15, 0.2) is 42.5 Å². The zero-order valence-electron chi connectivity index (χ0n) is 18.7. The molecule has 2 atom stereocenters. The third-order valence-electron chi connectivity index (χ3n) is 5.43. The molecular formula is C24H26FN3O5S. The standard InChI is InChI=1S/C24H26FN3O5S/c1-24(2,31)13-6-7-15(17(25)8-13)20-9-16(22(26)30)23(34-20)28-21-5-3-4-14(27-21)10-33-19-12-32-11-18(19)29/h3-9,18-19,29,31H,10-12H2,1-2H3,(H2,26,30)(H,27,28)/t18-,19-/m1/s1. The van der Waals surface area contributed by atoms with Gasteiger partial charge in [-0.05, 0) is 43.7 Å². The first-order valence-corrected chi connectivity index (χ1v) is 11.5. The quantitative estimate of drug-likeness (QED) is 0.384. The lowest BCUT2D eigenvalue weighted by Crippen LogP contribution is -2.26. The number of nitrogens with zero attached hydrogens (tertiary/aromatic N) is 1. The molecule has 3 heterocycles. The summed E-state index contributed by atoms with van der Waals surface area (Å²) in [5, 5.41) is 23.5. The number of aliphatic hydroxyl groups excluding tert-OH is 1. The molecule has 34 heavy (non-hydrogen) atoms. The highest BCUT2D eigenvalue weighted by molar-refractivity contribution is 7.19. The molecule has 1 aromatic carbocycles. The van der Waals surface area contributed by atoms with E-state index in [9.17, 15) is 19.4 Å². The van der Waals surface area contributed by atoms with Gasteiger partial charge in [-0.3, -0.25) is 4.79 Å². The van der Waals surface area contributed by atoms with Crippen molar-refractivity contribution in [1.29, 1.82) is 0 Å². The predicted molar refractivity (Wildman–Crippen MR) is 126 cm³/mol. The number of carbonyl (C=O) groups excluding carboxylic acids is 1. The van der Waals surface area contributed by atoms with Gasteiger partial charge in [0, 0.05) is 10.4 Å². The van der Waals surface area contributed by atoms with E-state index in [4.69, 9.17) is 15.2 Å². The highest BCUT2D eigenvalue weighted by Gasteiger charge is 2.27. The second-order valence-electron chi connectivity index (χ2n) is 8.56. The molecule has 1 amide bonds. The number of hydrogen-bond acceptors (Lipinski definition) is 8. The maximum Gasteiger partial charge on any atom is 0.251 e. The monoisotopic (exact) mass is 487 g/mol. The number of amides is 1. The van der Waals surface area contributed by atoms with Gasteiger partial charge in [-0.2, -0.15) is 0 Å². The van der Waals surface area contributed by atoms with E-state index in [0.717, 1.165) is 0 Å². The fraction of sp³-hybridized carbons (Fsp3) is 0.333. The topological polar surface area (TPSA) is 127 Å². The number of ether oxygens (including phenoxy) is 2. The average molecular weight is 488 g/mol. The second-order valence-corrected chi connectivity index (χ2v) is 9.62. The van der Waals surface area contributed by atoms with Crippen molar-refractivity contribution in [3.63, 3.8) is 0 Å². The molecule has 0 bridgehead atoms. The lowest BCUT2D eigenvalue weighted by atomic mass is 9.96. The summed E-state index contributed by atoms with van der Waals surface area (Å²) in [4.78, 5) is 17.1. The number of thiophene rings is 1. The minimum atomic E-state index is -1.18. The molecular weight excluding hydrogens is 461 g/mol. The number of primary amides is 1. The third kappa shape index (κ3) is 5.43. The SMILES string of the molecule is CC(C)(O)c1ccc(-c2cc(C(N)=O)c(Nc3cccc(CO[C@@H]4COC[C@H]4O)n3)s2)c(F)c1. The maximum atomic E-state index is 14.8. The summed E-state index contributed by atoms with van der Waals surface area (Å²) in [7, 11) is 0. The number of rotatable bonds is 8. The molecule has 1 aliphatic heterocycles. The Morgan fingerprint density at radius 3 is 2.76 bits per heavy atom. The highest BCUT2D eigenvalue weighted by atomic mass is 32.1. The van der Waals surface area contributed by atoms with Crippen LogP contribution in [0.1, 0.15) is 35.5 Å². The van der Waals surface area contributed by atoms with E-state index in [-0.39, 0.29) is 18.8 Å². The van der Waals surface area contributed by atoms with E-state index in [2.05, 4.69) is 10.3 Å². The number of carbonyl (C=O) groups is 1. The first-order chi connectivity index (χ1) is 16.1. The molecule has 8 nitrogen and oxygen atoms in total. The zero-order chi connectivity index (χ0) is 24.5. The molecule has 180 valence electrons. The van der Waals surface area contributed by atoms with Crippen molar-refractivity contribution in [3.05, 3.63) is 65.1 Å². The number of hydrogen-bond donors (Lipinski definition) is 4. The van der Waals surface area contributed by atoms with E-state index in [1.807, 2.05) is 0 Å². The Bertz CT molecular complexity index is 1190. The number of aromatic nitrogens is 1. The van der Waals surface area contributed by atoms with Crippen molar-refractivity contribution in [2.24, 2.45) is 5.73 Å². The Morgan fingerprint density at radius 1 is 1.32 bits per heavy atom. The summed E-state index contributed by atoms with van der Waals surface area (Å²) in [6.07, 6.45) is -1.07. The smallest absolute Gasteiger partial charge is 0.251 e. The molecule has 3 aromatic rings. The second kappa shape index (κ2) is 9.77. The van der Waals surface area contributed by atoms with E-state index in [0.29, 0.717) is 39.1 Å². The van der Waals surface area contributed by atoms with Crippen molar-refractivity contribution in [2.45, 2.75) is 38.3 Å². The molecule has 2 aromatic heterocycles. The van der Waals surface area contributed by atoms with Gasteiger partial charge in [-0.1, -0.05) is 18.2 Å². The molecule has 0 radical (unpaired) electrons. The van der Waals surface area contributed by atoms with Gasteiger partial charge >= 0.3 is 0 Å². The maximum absolute atomic E-state index is 14.8. The van der Waals surface area contributed by atoms with Crippen molar-refractivity contribution >= 4 is 28.1 Å². The summed E-state index contributed by atoms with van der Waals surface area (Å²) in [6, 6.07) is 11.3. The van der Waals surface area contributed by atoms with Gasteiger partial charge in [0.25, 0.3) is 5.91 Å². The summed E-state index contributed by atoms with van der Waals surface area (Å²) in [5.41, 5.74) is 5.95. The van der Waals surface area contributed by atoms with Crippen LogP contribution in [0.25, 0.3) is 10.4 Å². The van der Waals surface area contributed by atoms with Crippen LogP contribution < -0.4 is 11.1 Å². The summed E-state index contributed by atoms with van der Waals surface area (Å²) in [5.74, 6) is -0.718. The fourth-order valence-electron chi connectivity index (χ4n) is 3.52. The van der Waals surface area contributed by atoms with E-state index < -0.39 is 29.5 Å². The minimum Gasteiger partial charge on any atom is -0.388 e. The predicted octanol–water partition coefficient (Wildman–Crippen LogP) is 3.30. The number of nitrogens with one attached hydrogen (secondary N) is 1. The van der Waals surface area contributed by atoms with Crippen LogP contribution in [0.2, 0.25) is 0 Å². The molecule has 1 aliphatic rings. The van der Waals surface area contributed by atoms with Crippen molar-refractivity contribution in [3.8, 4) is 10.4 Å². The van der Waals surface area contributed by atoms with E-state index in [1.165, 1.54) is 23.5 Å². The van der Waals surface area contributed by atoms with E-state index in [1.54, 1.807) is 44.2 Å². The van der Waals surface area contributed by atoms with Crippen LogP contribution in [0.3, 0.4) is 0 Å². The Morgan fingerprint density at radius 2 is 2.12 bits per heavy atom. The van der Waals surface area contributed by atoms with Gasteiger partial charge in [-0.25, -0.2) is 9.37 Å². The molecule has 1 fully saturated rings. The molecule has 1 saturated heterocycles. The van der Waals surface area contributed by atoms with Crippen molar-refractivity contribution < 1.29 is 28.9 Å². The van der Waals surface area contributed by atoms with Crippen LogP contribution >= 0.6 is 11.3 Å². The summed E-state index contributed by atoms with van der Waals surface area (Å²) >= 11 is 1.17. The fourth-order valence-corrected chi connectivity index (χ4v) is 4.61. The number of aliphatic hydroxyl groups is 2. The Labute approximate surface area is 200 Å².